The van der Waals surface area contributed by atoms with Crippen LogP contribution in [-0.4, -0.2) is 11.5 Å². The molecule has 0 saturated heterocycles. The first-order chi connectivity index (χ1) is 10.0. The van der Waals surface area contributed by atoms with Gasteiger partial charge in [0.15, 0.2) is 0 Å². The number of ether oxygens (including phenoxy) is 1. The first-order valence-corrected chi connectivity index (χ1v) is 7.93. The van der Waals surface area contributed by atoms with Gasteiger partial charge in [0, 0.05) is 23.3 Å². The molecule has 112 valence electrons. The van der Waals surface area contributed by atoms with E-state index in [1.807, 2.05) is 37.3 Å². The molecule has 3 nitrogen and oxygen atoms in total. The van der Waals surface area contributed by atoms with Crippen LogP contribution in [-0.2, 0) is 6.54 Å². The maximum Gasteiger partial charge on any atom is 0.130 e. The number of hydrogen-bond acceptors (Lipinski definition) is 3. The summed E-state index contributed by atoms with van der Waals surface area (Å²) in [6, 6.07) is 9.86. The van der Waals surface area contributed by atoms with Crippen LogP contribution in [0.4, 0.5) is 0 Å². The maximum atomic E-state index is 5.94. The number of nitrogens with one attached hydrogen (secondary N) is 1. The molecule has 0 amide bonds. The molecule has 1 heterocycles. The third kappa shape index (κ3) is 5.14. The highest BCUT2D eigenvalue weighted by Crippen LogP contribution is 2.27. The van der Waals surface area contributed by atoms with Crippen molar-refractivity contribution in [3.63, 3.8) is 0 Å². The molecule has 0 aliphatic heterocycles. The van der Waals surface area contributed by atoms with Crippen molar-refractivity contribution in [2.75, 3.05) is 6.54 Å². The Kier molecular flexibility index (Phi) is 5.76. The third-order valence-electron chi connectivity index (χ3n) is 3.01. The van der Waals surface area contributed by atoms with Gasteiger partial charge in [0.05, 0.1) is 5.69 Å². The number of nitrogens with zero attached hydrogens (tertiary/aromatic N) is 1. The average molecular weight is 349 g/mol. The lowest BCUT2D eigenvalue weighted by Gasteiger charge is -2.11. The quantitative estimate of drug-likeness (QED) is 0.822. The Hall–Kier alpha value is -1.39. The van der Waals surface area contributed by atoms with Crippen LogP contribution in [0.2, 0.25) is 0 Å². The summed E-state index contributed by atoms with van der Waals surface area (Å²) in [7, 11) is 0. The Morgan fingerprint density at radius 1 is 1.24 bits per heavy atom. The van der Waals surface area contributed by atoms with E-state index in [9.17, 15) is 0 Å². The standard InChI is InChI=1S/C17H21BrN2O/c1-12(2)10-19-11-15-9-16(6-7-20-15)21-17-5-4-14(18)8-13(17)3/h4-9,12,19H,10-11H2,1-3H3. The van der Waals surface area contributed by atoms with Gasteiger partial charge < -0.3 is 10.1 Å². The summed E-state index contributed by atoms with van der Waals surface area (Å²) in [5.74, 6) is 2.32. The zero-order valence-electron chi connectivity index (χ0n) is 12.7. The van der Waals surface area contributed by atoms with Gasteiger partial charge in [-0.15, -0.1) is 0 Å². The van der Waals surface area contributed by atoms with Crippen LogP contribution in [0.15, 0.2) is 41.0 Å². The summed E-state index contributed by atoms with van der Waals surface area (Å²) in [5.41, 5.74) is 2.09. The van der Waals surface area contributed by atoms with Crippen LogP contribution in [0.25, 0.3) is 0 Å². The van der Waals surface area contributed by atoms with Crippen LogP contribution in [0, 0.1) is 12.8 Å². The van der Waals surface area contributed by atoms with E-state index in [0.29, 0.717) is 5.92 Å². The second-order valence-corrected chi connectivity index (χ2v) is 6.44. The van der Waals surface area contributed by atoms with Crippen molar-refractivity contribution in [2.45, 2.75) is 27.3 Å². The van der Waals surface area contributed by atoms with Crippen LogP contribution >= 0.6 is 15.9 Å². The van der Waals surface area contributed by atoms with Gasteiger partial charge in [0.2, 0.25) is 0 Å². The highest BCUT2D eigenvalue weighted by Gasteiger charge is 2.04. The summed E-state index contributed by atoms with van der Waals surface area (Å²) >= 11 is 3.46. The minimum absolute atomic E-state index is 0.634. The number of pyridine rings is 1. The molecule has 0 aliphatic rings. The van der Waals surface area contributed by atoms with Crippen LogP contribution in [0.5, 0.6) is 11.5 Å². The average Bonchev–Trinajstić information content (AvgIpc) is 2.42. The SMILES string of the molecule is Cc1cc(Br)ccc1Oc1ccnc(CNCC(C)C)c1. The molecule has 1 N–H and O–H groups in total. The van der Waals surface area contributed by atoms with E-state index in [2.05, 4.69) is 40.1 Å². The minimum Gasteiger partial charge on any atom is -0.457 e. The molecule has 1 aromatic carbocycles. The lowest BCUT2D eigenvalue weighted by Crippen LogP contribution is -2.19. The van der Waals surface area contributed by atoms with E-state index in [1.165, 1.54) is 0 Å². The summed E-state index contributed by atoms with van der Waals surface area (Å²) in [4.78, 5) is 4.36. The predicted octanol–water partition coefficient (Wildman–Crippen LogP) is 4.69. The van der Waals surface area contributed by atoms with Gasteiger partial charge in [-0.1, -0.05) is 29.8 Å². The molecule has 2 aromatic rings. The van der Waals surface area contributed by atoms with Crippen molar-refractivity contribution in [3.05, 3.63) is 52.3 Å². The van der Waals surface area contributed by atoms with E-state index in [4.69, 9.17) is 4.74 Å². The van der Waals surface area contributed by atoms with Crippen molar-refractivity contribution >= 4 is 15.9 Å². The number of hydrogen-bond donors (Lipinski definition) is 1. The molecule has 0 radical (unpaired) electrons. The first kappa shape index (κ1) is 16.0. The number of halogens is 1. The number of rotatable bonds is 6. The minimum atomic E-state index is 0.634. The fourth-order valence-corrected chi connectivity index (χ4v) is 2.43. The highest BCUT2D eigenvalue weighted by molar-refractivity contribution is 9.10. The predicted molar refractivity (Wildman–Crippen MR) is 89.7 cm³/mol. The van der Waals surface area contributed by atoms with Gasteiger partial charge in [0.25, 0.3) is 0 Å². The topological polar surface area (TPSA) is 34.1 Å². The summed E-state index contributed by atoms with van der Waals surface area (Å²) in [5, 5.41) is 3.39. The molecule has 0 fully saturated rings. The molecule has 0 saturated carbocycles. The lowest BCUT2D eigenvalue weighted by atomic mass is 10.2. The number of benzene rings is 1. The van der Waals surface area contributed by atoms with Crippen LogP contribution in [0.3, 0.4) is 0 Å². The largest absolute Gasteiger partial charge is 0.457 e. The Labute approximate surface area is 134 Å². The van der Waals surface area contributed by atoms with Gasteiger partial charge in [-0.3, -0.25) is 4.98 Å². The molecular weight excluding hydrogens is 328 g/mol. The zero-order chi connectivity index (χ0) is 15.2. The van der Waals surface area contributed by atoms with Crippen molar-refractivity contribution in [3.8, 4) is 11.5 Å². The van der Waals surface area contributed by atoms with Crippen molar-refractivity contribution in [1.29, 1.82) is 0 Å². The van der Waals surface area contributed by atoms with E-state index < -0.39 is 0 Å². The van der Waals surface area contributed by atoms with Crippen molar-refractivity contribution in [1.82, 2.24) is 10.3 Å². The Morgan fingerprint density at radius 2 is 2.05 bits per heavy atom. The van der Waals surface area contributed by atoms with Crippen molar-refractivity contribution in [2.24, 2.45) is 5.92 Å². The fourth-order valence-electron chi connectivity index (χ4n) is 1.96. The molecule has 1 aromatic heterocycles. The number of aromatic nitrogens is 1. The van der Waals surface area contributed by atoms with E-state index in [-0.39, 0.29) is 0 Å². The van der Waals surface area contributed by atoms with Gasteiger partial charge in [-0.25, -0.2) is 0 Å². The second kappa shape index (κ2) is 7.57. The fraction of sp³-hybridized carbons (Fsp3) is 0.353. The van der Waals surface area contributed by atoms with Crippen molar-refractivity contribution < 1.29 is 4.74 Å². The van der Waals surface area contributed by atoms with Gasteiger partial charge in [-0.05, 0) is 49.2 Å². The highest BCUT2D eigenvalue weighted by atomic mass is 79.9. The molecule has 4 heteroatoms. The normalized spacial score (nSPS) is 10.9. The number of aryl methyl sites for hydroxylation is 1. The molecular formula is C17H21BrN2O. The van der Waals surface area contributed by atoms with E-state index >= 15 is 0 Å². The molecule has 0 aliphatic carbocycles. The summed E-state index contributed by atoms with van der Waals surface area (Å²) < 4.78 is 7.00. The monoisotopic (exact) mass is 348 g/mol. The molecule has 0 bridgehead atoms. The third-order valence-corrected chi connectivity index (χ3v) is 3.50. The summed E-state index contributed by atoms with van der Waals surface area (Å²) in [6.45, 7) is 8.16. The van der Waals surface area contributed by atoms with E-state index in [1.54, 1.807) is 6.20 Å². The first-order valence-electron chi connectivity index (χ1n) is 7.14. The Bertz CT molecular complexity index is 599. The van der Waals surface area contributed by atoms with Crippen LogP contribution in [0.1, 0.15) is 25.1 Å². The summed E-state index contributed by atoms with van der Waals surface area (Å²) in [6.07, 6.45) is 1.79. The molecule has 0 atom stereocenters. The van der Waals surface area contributed by atoms with Gasteiger partial charge in [-0.2, -0.15) is 0 Å². The zero-order valence-corrected chi connectivity index (χ0v) is 14.3. The van der Waals surface area contributed by atoms with Gasteiger partial charge in [0.1, 0.15) is 11.5 Å². The molecule has 2 rings (SSSR count). The van der Waals surface area contributed by atoms with Gasteiger partial charge >= 0.3 is 0 Å². The maximum absolute atomic E-state index is 5.94. The lowest BCUT2D eigenvalue weighted by molar-refractivity contribution is 0.475. The smallest absolute Gasteiger partial charge is 0.130 e. The Morgan fingerprint density at radius 3 is 2.76 bits per heavy atom. The second-order valence-electron chi connectivity index (χ2n) is 5.52. The molecule has 0 spiro atoms. The molecule has 0 unspecified atom stereocenters. The van der Waals surface area contributed by atoms with E-state index in [0.717, 1.165) is 40.3 Å². The Balaban J connectivity index is 2.03. The molecule has 21 heavy (non-hydrogen) atoms. The van der Waals surface area contributed by atoms with Crippen LogP contribution < -0.4 is 10.1 Å².